The van der Waals surface area contributed by atoms with Gasteiger partial charge in [0.15, 0.2) is 11.6 Å². The van der Waals surface area contributed by atoms with Crippen molar-refractivity contribution in [1.82, 2.24) is 15.2 Å². The van der Waals surface area contributed by atoms with Crippen LogP contribution in [0, 0.1) is 6.92 Å². The lowest BCUT2D eigenvalue weighted by atomic mass is 9.97. The van der Waals surface area contributed by atoms with Crippen molar-refractivity contribution in [2.24, 2.45) is 0 Å². The number of aryl methyl sites for hydroxylation is 1. The Kier molecular flexibility index (Phi) is 3.78. The van der Waals surface area contributed by atoms with Gasteiger partial charge in [-0.2, -0.15) is 0 Å². The molecule has 4 rings (SSSR count). The van der Waals surface area contributed by atoms with Crippen LogP contribution in [0.1, 0.15) is 21.5 Å². The maximum absolute atomic E-state index is 13.0. The van der Waals surface area contributed by atoms with Crippen molar-refractivity contribution >= 4 is 16.8 Å². The van der Waals surface area contributed by atoms with Gasteiger partial charge in [0.2, 0.25) is 0 Å². The Hall–Kier alpha value is -3.40. The number of carbonyl (C=O) groups excluding carboxylic acids is 1. The SMILES string of the molecule is Cc1cccc(C(=O)c2ccccc2-c2nnc3ccccc3n2)c1. The van der Waals surface area contributed by atoms with Crippen molar-refractivity contribution in [2.75, 3.05) is 0 Å². The van der Waals surface area contributed by atoms with Gasteiger partial charge >= 0.3 is 0 Å². The van der Waals surface area contributed by atoms with Crippen LogP contribution in [-0.2, 0) is 0 Å². The normalized spacial score (nSPS) is 10.8. The highest BCUT2D eigenvalue weighted by atomic mass is 16.1. The number of rotatable bonds is 3. The molecule has 120 valence electrons. The van der Waals surface area contributed by atoms with Gasteiger partial charge in [0.25, 0.3) is 0 Å². The molecule has 3 aromatic carbocycles. The number of hydrogen-bond acceptors (Lipinski definition) is 4. The van der Waals surface area contributed by atoms with E-state index in [2.05, 4.69) is 15.2 Å². The third kappa shape index (κ3) is 2.90. The Bertz CT molecular complexity index is 1090. The van der Waals surface area contributed by atoms with Gasteiger partial charge in [0.1, 0.15) is 5.52 Å². The van der Waals surface area contributed by atoms with E-state index in [0.717, 1.165) is 16.6 Å². The van der Waals surface area contributed by atoms with E-state index < -0.39 is 0 Å². The number of carbonyl (C=O) groups is 1. The molecule has 0 fully saturated rings. The van der Waals surface area contributed by atoms with Crippen LogP contribution in [0.25, 0.3) is 22.4 Å². The molecular formula is C21H15N3O. The molecule has 4 aromatic rings. The van der Waals surface area contributed by atoms with Gasteiger partial charge < -0.3 is 0 Å². The van der Waals surface area contributed by atoms with Gasteiger partial charge in [-0.1, -0.05) is 60.2 Å². The number of hydrogen-bond donors (Lipinski definition) is 0. The number of nitrogens with zero attached hydrogens (tertiary/aromatic N) is 3. The summed E-state index contributed by atoms with van der Waals surface area (Å²) in [6.07, 6.45) is 0. The minimum Gasteiger partial charge on any atom is -0.289 e. The Morgan fingerprint density at radius 3 is 2.40 bits per heavy atom. The van der Waals surface area contributed by atoms with Gasteiger partial charge in [-0.3, -0.25) is 4.79 Å². The number of aromatic nitrogens is 3. The maximum atomic E-state index is 13.0. The van der Waals surface area contributed by atoms with Crippen LogP contribution in [0.3, 0.4) is 0 Å². The fraction of sp³-hybridized carbons (Fsp3) is 0.0476. The molecule has 0 atom stereocenters. The zero-order chi connectivity index (χ0) is 17.2. The van der Waals surface area contributed by atoms with Crippen molar-refractivity contribution in [3.05, 3.63) is 89.5 Å². The average molecular weight is 325 g/mol. The molecule has 0 saturated carbocycles. The van der Waals surface area contributed by atoms with E-state index in [-0.39, 0.29) is 5.78 Å². The second kappa shape index (κ2) is 6.24. The summed E-state index contributed by atoms with van der Waals surface area (Å²) >= 11 is 0. The summed E-state index contributed by atoms with van der Waals surface area (Å²) in [7, 11) is 0. The molecule has 4 nitrogen and oxygen atoms in total. The van der Waals surface area contributed by atoms with E-state index in [1.807, 2.05) is 73.7 Å². The molecular weight excluding hydrogens is 310 g/mol. The van der Waals surface area contributed by atoms with E-state index in [4.69, 9.17) is 0 Å². The number of ketones is 1. The smallest absolute Gasteiger partial charge is 0.193 e. The van der Waals surface area contributed by atoms with Gasteiger partial charge in [0.05, 0.1) is 5.52 Å². The van der Waals surface area contributed by atoms with Crippen LogP contribution in [0.15, 0.2) is 72.8 Å². The predicted octanol–water partition coefficient (Wildman–Crippen LogP) is 4.23. The molecule has 0 radical (unpaired) electrons. The second-order valence-electron chi connectivity index (χ2n) is 5.87. The Labute approximate surface area is 145 Å². The molecule has 0 aliphatic rings. The van der Waals surface area contributed by atoms with Crippen molar-refractivity contribution < 1.29 is 4.79 Å². The summed E-state index contributed by atoms with van der Waals surface area (Å²) in [5, 5.41) is 8.44. The topological polar surface area (TPSA) is 55.7 Å². The Balaban J connectivity index is 1.84. The molecule has 0 spiro atoms. The predicted molar refractivity (Wildman–Crippen MR) is 97.4 cm³/mol. The first kappa shape index (κ1) is 15.1. The fourth-order valence-corrected chi connectivity index (χ4v) is 2.81. The molecule has 1 heterocycles. The van der Waals surface area contributed by atoms with Gasteiger partial charge in [-0.05, 0) is 25.1 Å². The van der Waals surface area contributed by atoms with E-state index in [9.17, 15) is 4.79 Å². The Morgan fingerprint density at radius 2 is 1.56 bits per heavy atom. The van der Waals surface area contributed by atoms with Crippen molar-refractivity contribution in [3.63, 3.8) is 0 Å². The van der Waals surface area contributed by atoms with Crippen LogP contribution in [0.4, 0.5) is 0 Å². The fourth-order valence-electron chi connectivity index (χ4n) is 2.81. The summed E-state index contributed by atoms with van der Waals surface area (Å²) in [4.78, 5) is 17.6. The minimum atomic E-state index is -0.0453. The monoisotopic (exact) mass is 325 g/mol. The third-order valence-corrected chi connectivity index (χ3v) is 4.05. The van der Waals surface area contributed by atoms with E-state index in [1.54, 1.807) is 6.07 Å². The lowest BCUT2D eigenvalue weighted by Gasteiger charge is -2.08. The minimum absolute atomic E-state index is 0.0453. The molecule has 25 heavy (non-hydrogen) atoms. The number of benzene rings is 3. The first-order valence-corrected chi connectivity index (χ1v) is 8.02. The summed E-state index contributed by atoms with van der Waals surface area (Å²) in [6, 6.07) is 22.5. The first-order chi connectivity index (χ1) is 12.2. The summed E-state index contributed by atoms with van der Waals surface area (Å²) in [6.45, 7) is 1.97. The zero-order valence-electron chi connectivity index (χ0n) is 13.7. The molecule has 0 N–H and O–H groups in total. The van der Waals surface area contributed by atoms with E-state index in [0.29, 0.717) is 22.5 Å². The molecule has 4 heteroatoms. The lowest BCUT2D eigenvalue weighted by Crippen LogP contribution is -2.05. The van der Waals surface area contributed by atoms with Crippen molar-refractivity contribution in [3.8, 4) is 11.4 Å². The standard InChI is InChI=1S/C21H15N3O/c1-14-7-6-8-15(13-14)20(25)16-9-2-3-10-17(16)21-22-18-11-4-5-12-19(18)23-24-21/h2-13H,1H3. The second-order valence-corrected chi connectivity index (χ2v) is 5.87. The Morgan fingerprint density at radius 1 is 0.800 bits per heavy atom. The zero-order valence-corrected chi connectivity index (χ0v) is 13.7. The molecule has 1 aromatic heterocycles. The van der Waals surface area contributed by atoms with Crippen LogP contribution in [0.2, 0.25) is 0 Å². The molecule has 0 saturated heterocycles. The highest BCUT2D eigenvalue weighted by Crippen LogP contribution is 2.24. The first-order valence-electron chi connectivity index (χ1n) is 8.02. The summed E-state index contributed by atoms with van der Waals surface area (Å²) in [5.41, 5.74) is 4.45. The molecule has 0 unspecified atom stereocenters. The average Bonchev–Trinajstić information content (AvgIpc) is 2.67. The van der Waals surface area contributed by atoms with E-state index in [1.165, 1.54) is 0 Å². The highest BCUT2D eigenvalue weighted by molar-refractivity contribution is 6.12. The molecule has 0 amide bonds. The molecule has 0 aliphatic heterocycles. The van der Waals surface area contributed by atoms with E-state index >= 15 is 0 Å². The highest BCUT2D eigenvalue weighted by Gasteiger charge is 2.16. The van der Waals surface area contributed by atoms with Crippen molar-refractivity contribution in [2.45, 2.75) is 6.92 Å². The van der Waals surface area contributed by atoms with Crippen molar-refractivity contribution in [1.29, 1.82) is 0 Å². The van der Waals surface area contributed by atoms with Crippen LogP contribution >= 0.6 is 0 Å². The summed E-state index contributed by atoms with van der Waals surface area (Å²) in [5.74, 6) is 0.409. The summed E-state index contributed by atoms with van der Waals surface area (Å²) < 4.78 is 0. The van der Waals surface area contributed by atoms with Crippen LogP contribution < -0.4 is 0 Å². The maximum Gasteiger partial charge on any atom is 0.193 e. The number of fused-ring (bicyclic) bond motifs is 1. The van der Waals surface area contributed by atoms with Gasteiger partial charge in [0, 0.05) is 16.7 Å². The number of para-hydroxylation sites is 1. The quantitative estimate of drug-likeness (QED) is 0.529. The molecule has 0 aliphatic carbocycles. The largest absolute Gasteiger partial charge is 0.289 e. The van der Waals surface area contributed by atoms with Gasteiger partial charge in [-0.25, -0.2) is 4.98 Å². The lowest BCUT2D eigenvalue weighted by molar-refractivity contribution is 0.103. The van der Waals surface area contributed by atoms with Crippen LogP contribution in [-0.4, -0.2) is 21.0 Å². The van der Waals surface area contributed by atoms with Crippen LogP contribution in [0.5, 0.6) is 0 Å². The van der Waals surface area contributed by atoms with Gasteiger partial charge in [-0.15, -0.1) is 10.2 Å². The third-order valence-electron chi connectivity index (χ3n) is 4.05. The molecule has 0 bridgehead atoms.